The first kappa shape index (κ1) is 15.9. The van der Waals surface area contributed by atoms with Gasteiger partial charge in [-0.05, 0) is 32.0 Å². The molecule has 1 N–H and O–H groups in total. The van der Waals surface area contributed by atoms with Gasteiger partial charge in [0.1, 0.15) is 11.5 Å². The summed E-state index contributed by atoms with van der Waals surface area (Å²) in [4.78, 5) is 16.3. The van der Waals surface area contributed by atoms with Crippen molar-refractivity contribution in [1.82, 2.24) is 14.8 Å². The Morgan fingerprint density at radius 2 is 1.92 bits per heavy atom. The van der Waals surface area contributed by atoms with Gasteiger partial charge in [0.25, 0.3) is 5.91 Å². The molecule has 3 aromatic rings. The first-order valence-electron chi connectivity index (χ1n) is 7.56. The molecule has 2 heterocycles. The van der Waals surface area contributed by atoms with Crippen molar-refractivity contribution in [2.75, 3.05) is 5.32 Å². The van der Waals surface area contributed by atoms with Crippen molar-refractivity contribution in [2.45, 2.75) is 20.4 Å². The van der Waals surface area contributed by atoms with Crippen LogP contribution in [0.15, 0.2) is 48.7 Å². The third-order valence-electron chi connectivity index (χ3n) is 3.80. The summed E-state index contributed by atoms with van der Waals surface area (Å²) in [6.45, 7) is 3.95. The van der Waals surface area contributed by atoms with Gasteiger partial charge in [-0.1, -0.05) is 24.3 Å². The molecule has 24 heavy (non-hydrogen) atoms. The Bertz CT molecular complexity index is 874. The fourth-order valence-electron chi connectivity index (χ4n) is 2.49. The lowest BCUT2D eigenvalue weighted by atomic mass is 10.2. The molecule has 0 saturated heterocycles. The van der Waals surface area contributed by atoms with E-state index in [-0.39, 0.29) is 11.7 Å². The number of halogens is 1. The Morgan fingerprint density at radius 3 is 2.62 bits per heavy atom. The number of benzene rings is 1. The van der Waals surface area contributed by atoms with E-state index in [4.69, 9.17) is 0 Å². The minimum atomic E-state index is -0.299. The van der Waals surface area contributed by atoms with Crippen molar-refractivity contribution in [3.8, 4) is 0 Å². The number of hydrogen-bond acceptors (Lipinski definition) is 3. The van der Waals surface area contributed by atoms with E-state index in [0.717, 1.165) is 5.69 Å². The van der Waals surface area contributed by atoms with E-state index in [1.54, 1.807) is 54.2 Å². The number of nitrogens with zero attached hydrogens (tertiary/aromatic N) is 3. The number of hydrogen-bond donors (Lipinski definition) is 1. The maximum atomic E-state index is 13.8. The van der Waals surface area contributed by atoms with Crippen LogP contribution in [0.3, 0.4) is 0 Å². The van der Waals surface area contributed by atoms with Gasteiger partial charge >= 0.3 is 0 Å². The average molecular weight is 324 g/mol. The van der Waals surface area contributed by atoms with E-state index in [1.807, 2.05) is 6.92 Å². The average Bonchev–Trinajstić information content (AvgIpc) is 2.85. The summed E-state index contributed by atoms with van der Waals surface area (Å²) in [6.07, 6.45) is 1.57. The van der Waals surface area contributed by atoms with Crippen LogP contribution >= 0.6 is 0 Å². The predicted molar refractivity (Wildman–Crippen MR) is 89.4 cm³/mol. The lowest BCUT2D eigenvalue weighted by molar-refractivity contribution is 0.102. The quantitative estimate of drug-likeness (QED) is 0.801. The molecular formula is C18H17FN4O. The third-order valence-corrected chi connectivity index (χ3v) is 3.80. The molecular weight excluding hydrogens is 307 g/mol. The zero-order valence-corrected chi connectivity index (χ0v) is 13.5. The molecule has 0 bridgehead atoms. The highest BCUT2D eigenvalue weighted by Crippen LogP contribution is 2.21. The summed E-state index contributed by atoms with van der Waals surface area (Å²) in [5.74, 6) is -0.573. The Kier molecular flexibility index (Phi) is 4.37. The number of amides is 1. The van der Waals surface area contributed by atoms with Crippen LogP contribution < -0.4 is 5.32 Å². The lowest BCUT2D eigenvalue weighted by Crippen LogP contribution is -2.14. The number of nitrogens with one attached hydrogen (secondary N) is 1. The number of carbonyl (C=O) groups excluding carboxylic acids is 1. The summed E-state index contributed by atoms with van der Waals surface area (Å²) in [5.41, 5.74) is 2.94. The van der Waals surface area contributed by atoms with Crippen LogP contribution in [-0.4, -0.2) is 20.7 Å². The molecule has 122 valence electrons. The molecule has 0 fully saturated rings. The highest BCUT2D eigenvalue weighted by Gasteiger charge is 2.16. The minimum absolute atomic E-state index is 0.274. The van der Waals surface area contributed by atoms with Crippen molar-refractivity contribution in [2.24, 2.45) is 0 Å². The summed E-state index contributed by atoms with van der Waals surface area (Å²) in [6, 6.07) is 11.7. The Labute approximate surface area is 139 Å². The van der Waals surface area contributed by atoms with Gasteiger partial charge in [0.2, 0.25) is 0 Å². The van der Waals surface area contributed by atoms with Crippen molar-refractivity contribution in [3.05, 3.63) is 77.1 Å². The van der Waals surface area contributed by atoms with Crippen LogP contribution in [0.2, 0.25) is 0 Å². The second-order valence-corrected chi connectivity index (χ2v) is 5.46. The highest BCUT2D eigenvalue weighted by molar-refractivity contribution is 6.03. The Balaban J connectivity index is 1.85. The van der Waals surface area contributed by atoms with Crippen molar-refractivity contribution in [3.63, 3.8) is 0 Å². The van der Waals surface area contributed by atoms with Crippen molar-refractivity contribution < 1.29 is 9.18 Å². The van der Waals surface area contributed by atoms with E-state index >= 15 is 0 Å². The molecule has 0 saturated carbocycles. The van der Waals surface area contributed by atoms with Gasteiger partial charge in [0.05, 0.1) is 23.6 Å². The fraction of sp³-hybridized carbons (Fsp3) is 0.167. The zero-order chi connectivity index (χ0) is 17.1. The van der Waals surface area contributed by atoms with Crippen LogP contribution in [0.5, 0.6) is 0 Å². The van der Waals surface area contributed by atoms with Crippen LogP contribution in [0.1, 0.15) is 27.4 Å². The number of pyridine rings is 1. The van der Waals surface area contributed by atoms with E-state index in [0.29, 0.717) is 29.2 Å². The van der Waals surface area contributed by atoms with Gasteiger partial charge < -0.3 is 5.32 Å². The first-order valence-corrected chi connectivity index (χ1v) is 7.56. The molecule has 0 radical (unpaired) electrons. The molecule has 2 aromatic heterocycles. The van der Waals surface area contributed by atoms with Gasteiger partial charge in [-0.15, -0.1) is 0 Å². The van der Waals surface area contributed by atoms with Gasteiger partial charge in [0, 0.05) is 11.8 Å². The topological polar surface area (TPSA) is 59.8 Å². The molecule has 1 amide bonds. The smallest absolute Gasteiger partial charge is 0.274 e. The molecule has 1 aromatic carbocycles. The Morgan fingerprint density at radius 1 is 1.17 bits per heavy atom. The second-order valence-electron chi connectivity index (χ2n) is 5.46. The summed E-state index contributed by atoms with van der Waals surface area (Å²) in [7, 11) is 0. The Hall–Kier alpha value is -3.02. The summed E-state index contributed by atoms with van der Waals surface area (Å²) in [5, 5.41) is 7.25. The molecule has 3 rings (SSSR count). The minimum Gasteiger partial charge on any atom is -0.317 e. The number of carbonyl (C=O) groups is 1. The van der Waals surface area contributed by atoms with E-state index in [2.05, 4.69) is 15.4 Å². The molecule has 0 atom stereocenters. The standard InChI is InChI=1S/C18H17FN4O/c1-12-17(21-18(24)16-9-5-6-10-20-16)13(2)23(22-12)11-14-7-3-4-8-15(14)19/h3-10H,11H2,1-2H3,(H,21,24). The van der Waals surface area contributed by atoms with Crippen LogP contribution in [0.25, 0.3) is 0 Å². The number of aryl methyl sites for hydroxylation is 1. The van der Waals surface area contributed by atoms with Gasteiger partial charge in [-0.2, -0.15) is 5.10 Å². The monoisotopic (exact) mass is 324 g/mol. The maximum Gasteiger partial charge on any atom is 0.274 e. The highest BCUT2D eigenvalue weighted by atomic mass is 19.1. The number of anilines is 1. The maximum absolute atomic E-state index is 13.8. The van der Waals surface area contributed by atoms with Crippen LogP contribution in [0.4, 0.5) is 10.1 Å². The molecule has 0 spiro atoms. The summed E-state index contributed by atoms with van der Waals surface area (Å²) < 4.78 is 15.5. The molecule has 0 aliphatic carbocycles. The van der Waals surface area contributed by atoms with E-state index in [1.165, 1.54) is 6.07 Å². The lowest BCUT2D eigenvalue weighted by Gasteiger charge is -2.07. The molecule has 0 aliphatic heterocycles. The number of aromatic nitrogens is 3. The zero-order valence-electron chi connectivity index (χ0n) is 13.5. The molecule has 5 nitrogen and oxygen atoms in total. The summed E-state index contributed by atoms with van der Waals surface area (Å²) >= 11 is 0. The second kappa shape index (κ2) is 6.62. The predicted octanol–water partition coefficient (Wildman–Crippen LogP) is 3.33. The van der Waals surface area contributed by atoms with Gasteiger partial charge in [0.15, 0.2) is 0 Å². The molecule has 6 heteroatoms. The number of rotatable bonds is 4. The van der Waals surface area contributed by atoms with Crippen LogP contribution in [0, 0.1) is 19.7 Å². The van der Waals surface area contributed by atoms with Crippen molar-refractivity contribution >= 4 is 11.6 Å². The van der Waals surface area contributed by atoms with Crippen molar-refractivity contribution in [1.29, 1.82) is 0 Å². The normalized spacial score (nSPS) is 10.6. The van der Waals surface area contributed by atoms with E-state index in [9.17, 15) is 9.18 Å². The SMILES string of the molecule is Cc1nn(Cc2ccccc2F)c(C)c1NC(=O)c1ccccn1. The van der Waals surface area contributed by atoms with Gasteiger partial charge in [-0.25, -0.2) is 4.39 Å². The van der Waals surface area contributed by atoms with E-state index < -0.39 is 0 Å². The third kappa shape index (κ3) is 3.17. The fourth-order valence-corrected chi connectivity index (χ4v) is 2.49. The molecule has 0 unspecified atom stereocenters. The van der Waals surface area contributed by atoms with Gasteiger partial charge in [-0.3, -0.25) is 14.5 Å². The first-order chi connectivity index (χ1) is 11.6. The largest absolute Gasteiger partial charge is 0.317 e. The molecule has 0 aliphatic rings. The van der Waals surface area contributed by atoms with Crippen LogP contribution in [-0.2, 0) is 6.54 Å².